The number of rotatable bonds is 19. The summed E-state index contributed by atoms with van der Waals surface area (Å²) >= 11 is 0. The zero-order valence-corrected chi connectivity index (χ0v) is 33.8. The minimum absolute atomic E-state index is 0.0161. The molecule has 0 aliphatic carbocycles. The van der Waals surface area contributed by atoms with Crippen LogP contribution in [0.4, 0.5) is 4.79 Å². The topological polar surface area (TPSA) is 216 Å². The Morgan fingerprint density at radius 1 is 0.842 bits per heavy atom. The lowest BCUT2D eigenvalue weighted by molar-refractivity contribution is -0.155. The first-order valence-electron chi connectivity index (χ1n) is 18.7. The van der Waals surface area contributed by atoms with Gasteiger partial charge in [0.15, 0.2) is 17.5 Å². The number of carboxylic acids is 1. The number of carbonyl (C=O) groups is 5. The van der Waals surface area contributed by atoms with Crippen LogP contribution in [-0.2, 0) is 41.9 Å². The number of esters is 1. The van der Waals surface area contributed by atoms with Crippen LogP contribution in [0, 0.1) is 5.92 Å². The molecule has 0 saturated heterocycles. The third-order valence-electron chi connectivity index (χ3n) is 9.06. The first-order valence-corrected chi connectivity index (χ1v) is 18.7. The summed E-state index contributed by atoms with van der Waals surface area (Å²) in [5, 5.41) is 27.0. The Balaban J connectivity index is 2.04. The highest BCUT2D eigenvalue weighted by molar-refractivity contribution is 5.92. The van der Waals surface area contributed by atoms with E-state index in [-0.39, 0.29) is 42.6 Å². The summed E-state index contributed by atoms with van der Waals surface area (Å²) in [6.07, 6.45) is -2.71. The molecular formula is C42H56N4O11. The molecule has 3 amide bonds. The molecule has 0 aliphatic heterocycles. The summed E-state index contributed by atoms with van der Waals surface area (Å²) in [6.45, 7) is 11.3. The van der Waals surface area contributed by atoms with Gasteiger partial charge in [0, 0.05) is 7.05 Å². The standard InChI is InChI=1S/C42H56N4O11/c1-9-42(7,36(45-37(49)33(43)26(2)3)38(50)44-23-32(47)57-41(4,5)6)56-31-22-29(20-21-30(31)54-24-27-16-12-10-13-17-27)35(48)34(39(51)52)46(8)40(53)55-25-28-18-14-11-15-19-28/h10-22,26,33-36,48H,9,23-25,43H2,1-8H3,(H,44,50)(H,45,49)(H,51,52)/t33-,34-,35+,36+,42+/m0/s1. The number of carbonyl (C=O) groups excluding carboxylic acids is 4. The fourth-order valence-electron chi connectivity index (χ4n) is 5.53. The van der Waals surface area contributed by atoms with Gasteiger partial charge in [0.1, 0.15) is 43.1 Å². The number of likely N-dealkylation sites (N-methyl/N-ethyl adjacent to an activating group) is 1. The molecule has 57 heavy (non-hydrogen) atoms. The van der Waals surface area contributed by atoms with Crippen molar-refractivity contribution < 1.29 is 53.1 Å². The lowest BCUT2D eigenvalue weighted by Gasteiger charge is -2.38. The number of hydrogen-bond acceptors (Lipinski definition) is 11. The fourth-order valence-corrected chi connectivity index (χ4v) is 5.53. The number of nitrogens with zero attached hydrogens (tertiary/aromatic N) is 1. The van der Waals surface area contributed by atoms with Crippen molar-refractivity contribution >= 4 is 29.8 Å². The van der Waals surface area contributed by atoms with Crippen molar-refractivity contribution in [1.29, 1.82) is 0 Å². The lowest BCUT2D eigenvalue weighted by Crippen LogP contribution is -2.63. The van der Waals surface area contributed by atoms with E-state index in [1.165, 1.54) is 25.2 Å². The highest BCUT2D eigenvalue weighted by atomic mass is 16.6. The highest BCUT2D eigenvalue weighted by Gasteiger charge is 2.43. The number of benzene rings is 3. The number of ether oxygens (including phenoxy) is 4. The summed E-state index contributed by atoms with van der Waals surface area (Å²) in [7, 11) is 1.20. The van der Waals surface area contributed by atoms with Crippen molar-refractivity contribution in [1.82, 2.24) is 15.5 Å². The van der Waals surface area contributed by atoms with Gasteiger partial charge in [-0.15, -0.1) is 0 Å². The molecule has 0 bridgehead atoms. The van der Waals surface area contributed by atoms with Gasteiger partial charge in [0.05, 0.1) is 6.04 Å². The molecule has 0 fully saturated rings. The molecule has 310 valence electrons. The molecule has 0 aromatic heterocycles. The van der Waals surface area contributed by atoms with Crippen LogP contribution in [0.25, 0.3) is 0 Å². The minimum Gasteiger partial charge on any atom is -0.485 e. The number of amides is 3. The van der Waals surface area contributed by atoms with E-state index in [0.29, 0.717) is 5.56 Å². The van der Waals surface area contributed by atoms with Crippen LogP contribution in [0.15, 0.2) is 78.9 Å². The number of hydrogen-bond donors (Lipinski definition) is 5. The first-order chi connectivity index (χ1) is 26.8. The molecule has 3 aromatic rings. The van der Waals surface area contributed by atoms with E-state index >= 15 is 0 Å². The SMILES string of the molecule is CC[C@@](C)(Oc1cc([C@@H](O)[C@@H](C(=O)O)N(C)C(=O)OCc2ccccc2)ccc1OCc1ccccc1)[C@H](NC(=O)[C@@H](N)C(C)C)C(=O)NCC(=O)OC(C)(C)C. The highest BCUT2D eigenvalue weighted by Crippen LogP contribution is 2.37. The molecule has 6 N–H and O–H groups in total. The largest absolute Gasteiger partial charge is 0.485 e. The van der Waals surface area contributed by atoms with Crippen LogP contribution in [0.1, 0.15) is 77.7 Å². The van der Waals surface area contributed by atoms with Gasteiger partial charge in [-0.3, -0.25) is 19.3 Å². The Hall–Kier alpha value is -5.67. The zero-order chi connectivity index (χ0) is 42.5. The van der Waals surface area contributed by atoms with Crippen molar-refractivity contribution in [3.05, 3.63) is 95.6 Å². The van der Waals surface area contributed by atoms with Crippen LogP contribution in [-0.4, -0.2) is 87.9 Å². The molecule has 15 nitrogen and oxygen atoms in total. The molecule has 3 rings (SSSR count). The van der Waals surface area contributed by atoms with Gasteiger partial charge in [0.2, 0.25) is 11.8 Å². The summed E-state index contributed by atoms with van der Waals surface area (Å²) in [4.78, 5) is 66.2. The van der Waals surface area contributed by atoms with Crippen LogP contribution in [0.5, 0.6) is 11.5 Å². The van der Waals surface area contributed by atoms with Gasteiger partial charge in [-0.1, -0.05) is 87.5 Å². The normalized spacial score (nSPS) is 14.5. The van der Waals surface area contributed by atoms with E-state index in [4.69, 9.17) is 24.7 Å². The molecular weight excluding hydrogens is 736 g/mol. The van der Waals surface area contributed by atoms with Crippen molar-refractivity contribution in [3.8, 4) is 11.5 Å². The maximum atomic E-state index is 13.9. The Bertz CT molecular complexity index is 1820. The van der Waals surface area contributed by atoms with Crippen molar-refractivity contribution in [2.24, 2.45) is 11.7 Å². The van der Waals surface area contributed by atoms with Crippen molar-refractivity contribution in [3.63, 3.8) is 0 Å². The van der Waals surface area contributed by atoms with E-state index in [9.17, 15) is 34.2 Å². The van der Waals surface area contributed by atoms with Crippen molar-refractivity contribution in [2.45, 2.75) is 104 Å². The maximum Gasteiger partial charge on any atom is 0.410 e. The monoisotopic (exact) mass is 792 g/mol. The molecule has 0 spiro atoms. The fraction of sp³-hybridized carbons (Fsp3) is 0.452. The predicted molar refractivity (Wildman–Crippen MR) is 211 cm³/mol. The Kier molecular flexibility index (Phi) is 16.4. The molecule has 0 unspecified atom stereocenters. The molecule has 15 heteroatoms. The second kappa shape index (κ2) is 20.5. The van der Waals surface area contributed by atoms with E-state index in [2.05, 4.69) is 10.6 Å². The summed E-state index contributed by atoms with van der Waals surface area (Å²) in [5.41, 5.74) is 5.27. The van der Waals surface area contributed by atoms with Gasteiger partial charge >= 0.3 is 18.0 Å². The van der Waals surface area contributed by atoms with Crippen LogP contribution in [0.3, 0.4) is 0 Å². The van der Waals surface area contributed by atoms with Gasteiger partial charge in [-0.25, -0.2) is 9.59 Å². The lowest BCUT2D eigenvalue weighted by atomic mass is 9.91. The average molecular weight is 793 g/mol. The smallest absolute Gasteiger partial charge is 0.410 e. The van der Waals surface area contributed by atoms with E-state index in [0.717, 1.165) is 10.5 Å². The number of aliphatic carboxylic acids is 1. The Morgan fingerprint density at radius 3 is 1.95 bits per heavy atom. The summed E-state index contributed by atoms with van der Waals surface area (Å²) in [5.74, 6) is -3.83. The molecule has 5 atom stereocenters. The van der Waals surface area contributed by atoms with Gasteiger partial charge < -0.3 is 45.5 Å². The minimum atomic E-state index is -1.81. The number of aliphatic hydroxyl groups excluding tert-OH is 1. The third kappa shape index (κ3) is 13.5. The van der Waals surface area contributed by atoms with Crippen molar-refractivity contribution in [2.75, 3.05) is 13.6 Å². The van der Waals surface area contributed by atoms with Crippen LogP contribution >= 0.6 is 0 Å². The summed E-state index contributed by atoms with van der Waals surface area (Å²) < 4.78 is 23.4. The Morgan fingerprint density at radius 2 is 1.42 bits per heavy atom. The van der Waals surface area contributed by atoms with Gasteiger partial charge in [0.25, 0.3) is 0 Å². The second-order valence-corrected chi connectivity index (χ2v) is 15.1. The Labute approximate surface area is 333 Å². The van der Waals surface area contributed by atoms with E-state index < -0.39 is 71.8 Å². The van der Waals surface area contributed by atoms with Crippen LogP contribution < -0.4 is 25.8 Å². The average Bonchev–Trinajstić information content (AvgIpc) is 3.16. The van der Waals surface area contributed by atoms with Crippen LogP contribution in [0.2, 0.25) is 0 Å². The third-order valence-corrected chi connectivity index (χ3v) is 9.06. The number of nitrogens with one attached hydrogen (secondary N) is 2. The summed E-state index contributed by atoms with van der Waals surface area (Å²) in [6, 6.07) is 18.0. The molecule has 0 heterocycles. The molecule has 0 radical (unpaired) electrons. The number of carboxylic acid groups (broad SMARTS) is 1. The van der Waals surface area contributed by atoms with Gasteiger partial charge in [-0.2, -0.15) is 0 Å². The van der Waals surface area contributed by atoms with E-state index in [1.807, 2.05) is 30.3 Å². The van der Waals surface area contributed by atoms with E-state index in [1.54, 1.807) is 78.8 Å². The predicted octanol–water partition coefficient (Wildman–Crippen LogP) is 4.49. The second-order valence-electron chi connectivity index (χ2n) is 15.1. The van der Waals surface area contributed by atoms with Gasteiger partial charge in [-0.05, 0) is 68.9 Å². The molecule has 3 aromatic carbocycles. The maximum absolute atomic E-state index is 13.9. The number of aliphatic hydroxyl groups is 1. The molecule has 0 saturated carbocycles. The molecule has 0 aliphatic rings. The first kappa shape index (κ1) is 45.7. The zero-order valence-electron chi connectivity index (χ0n) is 33.8. The quantitative estimate of drug-likeness (QED) is 0.106. The number of nitrogens with two attached hydrogens (primary N) is 1.